The standard InChI is InChI=1S/C6H12IN/c1-5(2)6(8)3-4-7/h3-6H,8H2,1-2H3/b4-3+/t6-/m1/s1. The molecule has 0 aromatic heterocycles. The molecule has 2 heteroatoms. The molecule has 0 aliphatic rings. The van der Waals surface area contributed by atoms with Gasteiger partial charge in [0.25, 0.3) is 0 Å². The molecule has 0 unspecified atom stereocenters. The quantitative estimate of drug-likeness (QED) is 0.714. The van der Waals surface area contributed by atoms with Crippen LogP contribution in [0.5, 0.6) is 0 Å². The third-order valence-corrected chi connectivity index (χ3v) is 1.48. The average molecular weight is 225 g/mol. The van der Waals surface area contributed by atoms with Gasteiger partial charge in [-0.2, -0.15) is 0 Å². The number of rotatable bonds is 2. The molecule has 1 atom stereocenters. The summed E-state index contributed by atoms with van der Waals surface area (Å²) in [6, 6.07) is 0.229. The second kappa shape index (κ2) is 4.32. The van der Waals surface area contributed by atoms with E-state index < -0.39 is 0 Å². The van der Waals surface area contributed by atoms with Crippen LogP contribution in [-0.4, -0.2) is 6.04 Å². The molecule has 0 spiro atoms. The Balaban J connectivity index is 3.47. The highest BCUT2D eigenvalue weighted by molar-refractivity contribution is 14.1. The molecule has 2 N–H and O–H groups in total. The summed E-state index contributed by atoms with van der Waals surface area (Å²) in [4.78, 5) is 0. The lowest BCUT2D eigenvalue weighted by molar-refractivity contribution is 0.571. The van der Waals surface area contributed by atoms with Gasteiger partial charge in [-0.1, -0.05) is 42.5 Å². The third kappa shape index (κ3) is 3.43. The fraction of sp³-hybridized carbons (Fsp3) is 0.667. The largest absolute Gasteiger partial charge is 0.324 e. The summed E-state index contributed by atoms with van der Waals surface area (Å²) in [6.07, 6.45) is 2.01. The van der Waals surface area contributed by atoms with Crippen molar-refractivity contribution in [2.24, 2.45) is 11.7 Å². The number of hydrogen-bond acceptors (Lipinski definition) is 1. The van der Waals surface area contributed by atoms with Crippen molar-refractivity contribution in [1.82, 2.24) is 0 Å². The first kappa shape index (κ1) is 8.43. The van der Waals surface area contributed by atoms with E-state index in [-0.39, 0.29) is 6.04 Å². The predicted octanol–water partition coefficient (Wildman–Crippen LogP) is 1.92. The Labute approximate surface area is 64.5 Å². The van der Waals surface area contributed by atoms with Gasteiger partial charge in [0.1, 0.15) is 0 Å². The van der Waals surface area contributed by atoms with Crippen LogP contribution in [0.4, 0.5) is 0 Å². The van der Waals surface area contributed by atoms with Crippen LogP contribution >= 0.6 is 22.6 Å². The van der Waals surface area contributed by atoms with Crippen LogP contribution in [0.15, 0.2) is 10.2 Å². The smallest absolute Gasteiger partial charge is 0.0254 e. The first-order valence-electron chi connectivity index (χ1n) is 2.71. The predicted molar refractivity (Wildman–Crippen MR) is 46.0 cm³/mol. The van der Waals surface area contributed by atoms with Gasteiger partial charge in [-0.15, -0.1) is 0 Å². The summed E-state index contributed by atoms with van der Waals surface area (Å²) in [5.74, 6) is 0.556. The average Bonchev–Trinajstić information content (AvgIpc) is 1.67. The van der Waals surface area contributed by atoms with Gasteiger partial charge >= 0.3 is 0 Å². The van der Waals surface area contributed by atoms with Crippen LogP contribution in [-0.2, 0) is 0 Å². The fourth-order valence-electron chi connectivity index (χ4n) is 0.306. The van der Waals surface area contributed by atoms with Crippen molar-refractivity contribution in [3.8, 4) is 0 Å². The number of nitrogens with two attached hydrogens (primary N) is 1. The molecule has 0 rings (SSSR count). The monoisotopic (exact) mass is 225 g/mol. The first-order chi connectivity index (χ1) is 3.68. The highest BCUT2D eigenvalue weighted by Gasteiger charge is 2.00. The van der Waals surface area contributed by atoms with E-state index in [0.29, 0.717) is 5.92 Å². The SMILES string of the molecule is CC(C)[C@H](N)/C=C/I. The topological polar surface area (TPSA) is 26.0 Å². The van der Waals surface area contributed by atoms with E-state index in [1.165, 1.54) is 0 Å². The van der Waals surface area contributed by atoms with Crippen LogP contribution in [0.25, 0.3) is 0 Å². The zero-order chi connectivity index (χ0) is 6.57. The molecule has 0 aromatic carbocycles. The molecule has 0 aliphatic carbocycles. The Morgan fingerprint density at radius 1 is 1.50 bits per heavy atom. The summed E-state index contributed by atoms with van der Waals surface area (Å²) in [6.45, 7) is 4.22. The van der Waals surface area contributed by atoms with Crippen molar-refractivity contribution < 1.29 is 0 Å². The molecule has 0 radical (unpaired) electrons. The second-order valence-corrected chi connectivity index (χ2v) is 2.86. The molecular weight excluding hydrogens is 213 g/mol. The molecule has 0 bridgehead atoms. The molecule has 0 saturated carbocycles. The van der Waals surface area contributed by atoms with E-state index in [1.54, 1.807) is 0 Å². The zero-order valence-corrected chi connectivity index (χ0v) is 7.42. The van der Waals surface area contributed by atoms with Gasteiger partial charge in [0.15, 0.2) is 0 Å². The molecule has 1 nitrogen and oxygen atoms in total. The summed E-state index contributed by atoms with van der Waals surface area (Å²) in [5.41, 5.74) is 5.64. The lowest BCUT2D eigenvalue weighted by atomic mass is 10.1. The van der Waals surface area contributed by atoms with E-state index in [9.17, 15) is 0 Å². The van der Waals surface area contributed by atoms with Crippen molar-refractivity contribution in [2.45, 2.75) is 19.9 Å². The van der Waals surface area contributed by atoms with Gasteiger partial charge in [-0.05, 0) is 10.0 Å². The van der Waals surface area contributed by atoms with Crippen molar-refractivity contribution in [2.75, 3.05) is 0 Å². The van der Waals surface area contributed by atoms with Crippen molar-refractivity contribution in [3.05, 3.63) is 10.2 Å². The van der Waals surface area contributed by atoms with Gasteiger partial charge < -0.3 is 5.73 Å². The minimum absolute atomic E-state index is 0.229. The van der Waals surface area contributed by atoms with E-state index in [2.05, 4.69) is 36.4 Å². The Morgan fingerprint density at radius 3 is 2.12 bits per heavy atom. The second-order valence-electron chi connectivity index (χ2n) is 2.14. The number of hydrogen-bond donors (Lipinski definition) is 1. The van der Waals surface area contributed by atoms with E-state index in [1.807, 2.05) is 10.2 Å². The molecule has 0 amide bonds. The number of halogens is 1. The Morgan fingerprint density at radius 2 is 2.00 bits per heavy atom. The molecular formula is C6H12IN. The molecule has 0 aliphatic heterocycles. The fourth-order valence-corrected chi connectivity index (χ4v) is 0.786. The van der Waals surface area contributed by atoms with E-state index >= 15 is 0 Å². The summed E-state index contributed by atoms with van der Waals surface area (Å²) in [5, 5.41) is 0. The highest BCUT2D eigenvalue weighted by Crippen LogP contribution is 2.00. The maximum atomic E-state index is 5.64. The summed E-state index contributed by atoms with van der Waals surface area (Å²) < 4.78 is 1.96. The van der Waals surface area contributed by atoms with E-state index in [4.69, 9.17) is 5.73 Å². The molecule has 48 valence electrons. The molecule has 0 saturated heterocycles. The maximum absolute atomic E-state index is 5.64. The Kier molecular flexibility index (Phi) is 4.56. The zero-order valence-electron chi connectivity index (χ0n) is 5.26. The van der Waals surface area contributed by atoms with Gasteiger partial charge in [0.2, 0.25) is 0 Å². The molecule has 0 aromatic rings. The van der Waals surface area contributed by atoms with Crippen LogP contribution in [0.1, 0.15) is 13.8 Å². The molecule has 0 heterocycles. The van der Waals surface area contributed by atoms with Crippen LogP contribution in [0.2, 0.25) is 0 Å². The molecule has 0 fully saturated rings. The van der Waals surface area contributed by atoms with Crippen LogP contribution in [0, 0.1) is 5.92 Å². The van der Waals surface area contributed by atoms with Gasteiger partial charge in [0, 0.05) is 6.04 Å². The lowest BCUT2D eigenvalue weighted by Crippen LogP contribution is -2.22. The van der Waals surface area contributed by atoms with Crippen molar-refractivity contribution >= 4 is 22.6 Å². The molecule has 8 heavy (non-hydrogen) atoms. The van der Waals surface area contributed by atoms with Crippen molar-refractivity contribution in [1.29, 1.82) is 0 Å². The van der Waals surface area contributed by atoms with Gasteiger partial charge in [-0.3, -0.25) is 0 Å². The maximum Gasteiger partial charge on any atom is 0.0254 e. The summed E-state index contributed by atoms with van der Waals surface area (Å²) in [7, 11) is 0. The van der Waals surface area contributed by atoms with Crippen molar-refractivity contribution in [3.63, 3.8) is 0 Å². The van der Waals surface area contributed by atoms with Gasteiger partial charge in [-0.25, -0.2) is 0 Å². The first-order valence-corrected chi connectivity index (χ1v) is 3.95. The minimum atomic E-state index is 0.229. The lowest BCUT2D eigenvalue weighted by Gasteiger charge is -2.08. The van der Waals surface area contributed by atoms with Crippen LogP contribution < -0.4 is 5.73 Å². The minimum Gasteiger partial charge on any atom is -0.324 e. The highest BCUT2D eigenvalue weighted by atomic mass is 127. The van der Waals surface area contributed by atoms with E-state index in [0.717, 1.165) is 0 Å². The Bertz CT molecular complexity index is 78.6. The van der Waals surface area contributed by atoms with Gasteiger partial charge in [0.05, 0.1) is 0 Å². The third-order valence-electron chi connectivity index (χ3n) is 1.06. The normalized spacial score (nSPS) is 15.6. The van der Waals surface area contributed by atoms with Crippen LogP contribution in [0.3, 0.4) is 0 Å². The Hall–Kier alpha value is 0.430. The summed E-state index contributed by atoms with van der Waals surface area (Å²) >= 11 is 2.18.